The molecule has 0 aliphatic rings. The Hall–Kier alpha value is -0.200. The summed E-state index contributed by atoms with van der Waals surface area (Å²) in [6, 6.07) is 0. The molecule has 0 amide bonds. The highest BCUT2D eigenvalue weighted by atomic mass is 32.3. The highest BCUT2D eigenvalue weighted by molar-refractivity contribution is 7.86. The van der Waals surface area contributed by atoms with Crippen molar-refractivity contribution in [2.45, 2.75) is 0 Å². The van der Waals surface area contributed by atoms with Gasteiger partial charge >= 0.3 is 10.2 Å². The molecule has 4 nitrogen and oxygen atoms in total. The van der Waals surface area contributed by atoms with Gasteiger partial charge in [0.05, 0.1) is 0 Å². The molecule has 0 heterocycles. The van der Waals surface area contributed by atoms with E-state index >= 15 is 0 Å². The van der Waals surface area contributed by atoms with Gasteiger partial charge in [0.1, 0.15) is 6.79 Å². The van der Waals surface area contributed by atoms with Crippen LogP contribution in [0.2, 0.25) is 0 Å². The van der Waals surface area contributed by atoms with E-state index in [9.17, 15) is 12.3 Å². The van der Waals surface area contributed by atoms with Crippen LogP contribution in [0.25, 0.3) is 0 Å². The summed E-state index contributed by atoms with van der Waals surface area (Å²) in [5, 5.41) is 0. The second kappa shape index (κ2) is 3.76. The van der Waals surface area contributed by atoms with Crippen LogP contribution in [0.1, 0.15) is 0 Å². The fourth-order valence-electron chi connectivity index (χ4n) is 0.217. The van der Waals surface area contributed by atoms with Crippen LogP contribution in [0.15, 0.2) is 0 Å². The zero-order valence-electron chi connectivity index (χ0n) is 4.83. The summed E-state index contributed by atoms with van der Waals surface area (Å²) in [5.74, 6) is -0.944. The lowest BCUT2D eigenvalue weighted by atomic mass is 11.4. The molecule has 0 aliphatic heterocycles. The molecule has 0 atom stereocenters. The third-order valence-corrected chi connectivity index (χ3v) is 0.873. The van der Waals surface area contributed by atoms with Gasteiger partial charge in [-0.05, 0) is 0 Å². The molecule has 56 valence electrons. The number of hydrogen-bond acceptors (Lipinski definition) is 4. The van der Waals surface area contributed by atoms with Crippen LogP contribution in [0, 0.1) is 0 Å². The maximum absolute atomic E-state index is 11.5. The predicted molar refractivity (Wildman–Crippen MR) is 27.9 cm³/mol. The first kappa shape index (κ1) is 8.80. The van der Waals surface area contributed by atoms with Crippen molar-refractivity contribution < 1.29 is 21.8 Å². The van der Waals surface area contributed by atoms with Gasteiger partial charge in [-0.2, -0.15) is 8.42 Å². The summed E-state index contributed by atoms with van der Waals surface area (Å²) < 4.78 is 39.3. The topological polar surface area (TPSA) is 52.6 Å². The molecule has 0 aromatic carbocycles. The van der Waals surface area contributed by atoms with Crippen LogP contribution in [0.5, 0.6) is 0 Å². The summed E-state index contributed by atoms with van der Waals surface area (Å²) >= 11 is 0. The smallest absolute Gasteiger partial charge is 0.326 e. The van der Waals surface area contributed by atoms with Crippen molar-refractivity contribution in [3.8, 4) is 0 Å². The molecule has 0 aromatic heterocycles. The van der Waals surface area contributed by atoms with Gasteiger partial charge in [-0.15, -0.1) is 3.89 Å². The van der Waals surface area contributed by atoms with Crippen molar-refractivity contribution in [2.24, 2.45) is 0 Å². The molecule has 9 heavy (non-hydrogen) atoms. The Morgan fingerprint density at radius 3 is 2.44 bits per heavy atom. The summed E-state index contributed by atoms with van der Waals surface area (Å²) in [5.41, 5.74) is 0. The van der Waals surface area contributed by atoms with Crippen LogP contribution >= 0.6 is 0 Å². The van der Waals surface area contributed by atoms with Crippen molar-refractivity contribution in [3.63, 3.8) is 0 Å². The van der Waals surface area contributed by atoms with Crippen molar-refractivity contribution >= 4 is 10.2 Å². The van der Waals surface area contributed by atoms with Gasteiger partial charge in [0.15, 0.2) is 5.94 Å². The maximum atomic E-state index is 11.5. The third-order valence-electron chi connectivity index (χ3n) is 0.425. The lowest BCUT2D eigenvalue weighted by molar-refractivity contribution is -0.0126. The maximum Gasteiger partial charge on any atom is 0.326 e. The average molecular weight is 158 g/mol. The fraction of sp³-hybridized carbons (Fsp3) is 1.00. The van der Waals surface area contributed by atoms with E-state index in [4.69, 9.17) is 0 Å². The van der Waals surface area contributed by atoms with Gasteiger partial charge in [-0.25, -0.2) is 0 Å². The molecule has 0 saturated heterocycles. The number of rotatable bonds is 4. The SMILES string of the molecule is COCOCS(=O)(=O)F. The van der Waals surface area contributed by atoms with Crippen LogP contribution in [0.4, 0.5) is 3.89 Å². The van der Waals surface area contributed by atoms with Gasteiger partial charge in [-0.1, -0.05) is 0 Å². The average Bonchev–Trinajstić information content (AvgIpc) is 1.63. The van der Waals surface area contributed by atoms with Crippen molar-refractivity contribution in [3.05, 3.63) is 0 Å². The molecule has 0 saturated carbocycles. The minimum absolute atomic E-state index is 0.219. The number of methoxy groups -OCH3 is 1. The first-order valence-electron chi connectivity index (χ1n) is 2.05. The third kappa shape index (κ3) is 7.80. The Balaban J connectivity index is 3.30. The monoisotopic (exact) mass is 158 g/mol. The normalized spacial score (nSPS) is 11.8. The van der Waals surface area contributed by atoms with Crippen LogP contribution in [0.3, 0.4) is 0 Å². The zero-order chi connectivity index (χ0) is 7.33. The predicted octanol–water partition coefficient (Wildman–Crippen LogP) is -0.136. The van der Waals surface area contributed by atoms with Crippen LogP contribution in [-0.2, 0) is 19.7 Å². The molecule has 0 aliphatic carbocycles. The second-order valence-corrected chi connectivity index (χ2v) is 2.58. The molecule has 6 heteroatoms. The van der Waals surface area contributed by atoms with E-state index in [1.165, 1.54) is 7.11 Å². The molecule has 0 unspecified atom stereocenters. The van der Waals surface area contributed by atoms with E-state index in [1.807, 2.05) is 0 Å². The molecule has 0 aromatic rings. The first-order chi connectivity index (χ1) is 4.06. The highest BCUT2D eigenvalue weighted by Crippen LogP contribution is 1.90. The van der Waals surface area contributed by atoms with Gasteiger partial charge < -0.3 is 9.47 Å². The fourth-order valence-corrected chi connectivity index (χ4v) is 0.484. The molecular formula is C3H7FO4S. The number of ether oxygens (including phenoxy) is 2. The molecular weight excluding hydrogens is 151 g/mol. The Labute approximate surface area is 52.8 Å². The van der Waals surface area contributed by atoms with E-state index < -0.39 is 16.2 Å². The van der Waals surface area contributed by atoms with Crippen LogP contribution in [-0.4, -0.2) is 28.3 Å². The molecule has 0 rings (SSSR count). The highest BCUT2D eigenvalue weighted by Gasteiger charge is 2.04. The number of hydrogen-bond donors (Lipinski definition) is 0. The quantitative estimate of drug-likeness (QED) is 0.325. The molecule has 0 radical (unpaired) electrons. The summed E-state index contributed by atoms with van der Waals surface area (Å²) in [6.07, 6.45) is 0. The minimum Gasteiger partial charge on any atom is -0.359 e. The van der Waals surface area contributed by atoms with Gasteiger partial charge in [0, 0.05) is 7.11 Å². The second-order valence-electron chi connectivity index (χ2n) is 1.27. The molecule has 0 N–H and O–H groups in total. The number of halogens is 1. The molecule has 0 spiro atoms. The van der Waals surface area contributed by atoms with Crippen molar-refractivity contribution in [2.75, 3.05) is 19.8 Å². The standard InChI is InChI=1S/C3H7FO4S/c1-7-2-8-3-9(4,5)6/h2-3H2,1H3. The lowest BCUT2D eigenvalue weighted by Gasteiger charge is -1.95. The van der Waals surface area contributed by atoms with E-state index in [0.29, 0.717) is 0 Å². The van der Waals surface area contributed by atoms with Gasteiger partial charge in [-0.3, -0.25) is 0 Å². The van der Waals surface area contributed by atoms with E-state index in [1.54, 1.807) is 0 Å². The van der Waals surface area contributed by atoms with E-state index in [2.05, 4.69) is 9.47 Å². The summed E-state index contributed by atoms with van der Waals surface area (Å²) in [4.78, 5) is 0. The Morgan fingerprint density at radius 2 is 2.11 bits per heavy atom. The zero-order valence-corrected chi connectivity index (χ0v) is 5.65. The summed E-state index contributed by atoms with van der Waals surface area (Å²) in [6.45, 7) is -0.219. The van der Waals surface area contributed by atoms with Crippen molar-refractivity contribution in [1.82, 2.24) is 0 Å². The van der Waals surface area contributed by atoms with E-state index in [0.717, 1.165) is 0 Å². The largest absolute Gasteiger partial charge is 0.359 e. The molecule has 0 bridgehead atoms. The van der Waals surface area contributed by atoms with Gasteiger partial charge in [0.25, 0.3) is 0 Å². The summed E-state index contributed by atoms with van der Waals surface area (Å²) in [7, 11) is -3.19. The Kier molecular flexibility index (Phi) is 3.67. The Morgan fingerprint density at radius 1 is 1.56 bits per heavy atom. The molecule has 0 fully saturated rings. The van der Waals surface area contributed by atoms with Crippen molar-refractivity contribution in [1.29, 1.82) is 0 Å². The lowest BCUT2D eigenvalue weighted by Crippen LogP contribution is -2.05. The van der Waals surface area contributed by atoms with E-state index in [-0.39, 0.29) is 6.79 Å². The van der Waals surface area contributed by atoms with Crippen LogP contribution < -0.4 is 0 Å². The Bertz CT molecular complexity index is 151. The first-order valence-corrected chi connectivity index (χ1v) is 3.60. The van der Waals surface area contributed by atoms with Gasteiger partial charge in [0.2, 0.25) is 0 Å². The minimum atomic E-state index is -4.50.